The maximum atomic E-state index is 12.7. The average molecular weight is 313 g/mol. The fraction of sp³-hybridized carbons (Fsp3) is 0.882. The van der Waals surface area contributed by atoms with Crippen LogP contribution in [-0.4, -0.2) is 39.3 Å². The summed E-state index contributed by atoms with van der Waals surface area (Å²) in [5.74, 6) is -0.934. The molecule has 5 heteroatoms. The van der Waals surface area contributed by atoms with Crippen LogP contribution in [0.2, 0.25) is 0 Å². The highest BCUT2D eigenvalue weighted by Gasteiger charge is 2.59. The monoisotopic (exact) mass is 313 g/mol. The molecule has 1 saturated carbocycles. The molecule has 1 unspecified atom stereocenters. The van der Waals surface area contributed by atoms with Crippen LogP contribution in [0, 0.1) is 5.41 Å². The minimum absolute atomic E-state index is 0.247. The molecule has 0 aliphatic heterocycles. The van der Waals surface area contributed by atoms with Crippen LogP contribution in [0.4, 0.5) is 4.79 Å². The standard InChI is InChI=1S/C17H31NO4/c1-12(2)18(14(21)22-15(3,4)5)17(13(19)20)11-9-8-10-16(17,6)7/h12H,8-11H2,1-7H3,(H,19,20). The molecule has 1 fully saturated rings. The Labute approximate surface area is 134 Å². The fourth-order valence-electron chi connectivity index (χ4n) is 3.56. The van der Waals surface area contributed by atoms with Crippen LogP contribution in [0.3, 0.4) is 0 Å². The van der Waals surface area contributed by atoms with Crippen molar-refractivity contribution in [3.63, 3.8) is 0 Å². The molecule has 1 aliphatic carbocycles. The normalized spacial score (nSPS) is 24.9. The van der Waals surface area contributed by atoms with Gasteiger partial charge in [-0.15, -0.1) is 0 Å². The maximum Gasteiger partial charge on any atom is 0.411 e. The van der Waals surface area contributed by atoms with Gasteiger partial charge in [-0.1, -0.05) is 26.7 Å². The van der Waals surface area contributed by atoms with Gasteiger partial charge in [0.05, 0.1) is 0 Å². The van der Waals surface area contributed by atoms with Gasteiger partial charge in [-0.2, -0.15) is 0 Å². The molecule has 1 aliphatic rings. The molecule has 0 saturated heterocycles. The van der Waals surface area contributed by atoms with Crippen molar-refractivity contribution in [3.05, 3.63) is 0 Å². The molecule has 1 N–H and O–H groups in total. The van der Waals surface area contributed by atoms with E-state index in [-0.39, 0.29) is 6.04 Å². The summed E-state index contributed by atoms with van der Waals surface area (Å²) in [6, 6.07) is -0.247. The first-order chi connectivity index (χ1) is 9.85. The smallest absolute Gasteiger partial charge is 0.411 e. The lowest BCUT2D eigenvalue weighted by Crippen LogP contribution is -2.68. The Morgan fingerprint density at radius 1 is 1.14 bits per heavy atom. The molecule has 0 heterocycles. The maximum absolute atomic E-state index is 12.7. The first kappa shape index (κ1) is 18.8. The largest absolute Gasteiger partial charge is 0.479 e. The highest BCUT2D eigenvalue weighted by atomic mass is 16.6. The number of aliphatic carboxylic acids is 1. The predicted octanol–water partition coefficient (Wildman–Crippen LogP) is 4.06. The number of hydrogen-bond acceptors (Lipinski definition) is 3. The molecular formula is C17H31NO4. The van der Waals surface area contributed by atoms with Crippen molar-refractivity contribution in [2.24, 2.45) is 5.41 Å². The third-order valence-corrected chi connectivity index (χ3v) is 4.58. The lowest BCUT2D eigenvalue weighted by molar-refractivity contribution is -0.167. The van der Waals surface area contributed by atoms with Gasteiger partial charge in [-0.3, -0.25) is 4.90 Å². The third-order valence-electron chi connectivity index (χ3n) is 4.58. The average Bonchev–Trinajstić information content (AvgIpc) is 2.28. The van der Waals surface area contributed by atoms with E-state index in [9.17, 15) is 14.7 Å². The van der Waals surface area contributed by atoms with Gasteiger partial charge in [-0.25, -0.2) is 9.59 Å². The molecule has 22 heavy (non-hydrogen) atoms. The molecule has 5 nitrogen and oxygen atoms in total. The molecule has 1 rings (SSSR count). The van der Waals surface area contributed by atoms with Gasteiger partial charge in [0.1, 0.15) is 11.1 Å². The van der Waals surface area contributed by atoms with Crippen molar-refractivity contribution in [2.75, 3.05) is 0 Å². The van der Waals surface area contributed by atoms with Crippen LogP contribution in [0.25, 0.3) is 0 Å². The fourth-order valence-corrected chi connectivity index (χ4v) is 3.56. The summed E-state index contributed by atoms with van der Waals surface area (Å²) in [6.45, 7) is 13.0. The quantitative estimate of drug-likeness (QED) is 0.853. The second-order valence-electron chi connectivity index (χ2n) is 8.20. The van der Waals surface area contributed by atoms with Crippen molar-refractivity contribution in [2.45, 2.75) is 91.3 Å². The van der Waals surface area contributed by atoms with Crippen molar-refractivity contribution < 1.29 is 19.4 Å². The second kappa shape index (κ2) is 6.09. The Hall–Kier alpha value is -1.26. The van der Waals surface area contributed by atoms with Crippen LogP contribution in [0.5, 0.6) is 0 Å². The zero-order valence-electron chi connectivity index (χ0n) is 15.0. The van der Waals surface area contributed by atoms with Gasteiger partial charge in [0.2, 0.25) is 0 Å². The van der Waals surface area contributed by atoms with Crippen LogP contribution in [0.1, 0.15) is 74.1 Å². The van der Waals surface area contributed by atoms with Gasteiger partial charge in [-0.05, 0) is 52.9 Å². The van der Waals surface area contributed by atoms with E-state index >= 15 is 0 Å². The molecule has 0 bridgehead atoms. The number of carboxylic acids is 1. The molecule has 0 aromatic carbocycles. The minimum atomic E-state index is -1.22. The Morgan fingerprint density at radius 2 is 1.64 bits per heavy atom. The van der Waals surface area contributed by atoms with E-state index in [2.05, 4.69) is 0 Å². The lowest BCUT2D eigenvalue weighted by Gasteiger charge is -2.54. The van der Waals surface area contributed by atoms with E-state index in [0.29, 0.717) is 6.42 Å². The Morgan fingerprint density at radius 3 is 2.00 bits per heavy atom. The molecule has 1 amide bonds. The van der Waals surface area contributed by atoms with Gasteiger partial charge in [0.15, 0.2) is 0 Å². The summed E-state index contributed by atoms with van der Waals surface area (Å²) in [5.41, 5.74) is -2.37. The Kier molecular flexibility index (Phi) is 5.20. The number of rotatable bonds is 3. The van der Waals surface area contributed by atoms with E-state index in [4.69, 9.17) is 4.74 Å². The highest BCUT2D eigenvalue weighted by Crippen LogP contribution is 2.49. The zero-order valence-corrected chi connectivity index (χ0v) is 15.0. The third kappa shape index (κ3) is 3.39. The van der Waals surface area contributed by atoms with Crippen LogP contribution in [0.15, 0.2) is 0 Å². The summed E-state index contributed by atoms with van der Waals surface area (Å²) in [7, 11) is 0. The first-order valence-corrected chi connectivity index (χ1v) is 8.11. The number of carboxylic acid groups (broad SMARTS) is 1. The minimum Gasteiger partial charge on any atom is -0.479 e. The summed E-state index contributed by atoms with van der Waals surface area (Å²) >= 11 is 0. The molecule has 0 aromatic heterocycles. The molecule has 128 valence electrons. The SMILES string of the molecule is CC(C)N(C(=O)OC(C)(C)C)C1(C(=O)O)CCCCC1(C)C. The molecule has 0 spiro atoms. The van der Waals surface area contributed by atoms with E-state index < -0.39 is 28.6 Å². The van der Waals surface area contributed by atoms with Crippen molar-refractivity contribution in [3.8, 4) is 0 Å². The number of ether oxygens (including phenoxy) is 1. The number of carbonyl (C=O) groups excluding carboxylic acids is 1. The van der Waals surface area contributed by atoms with Gasteiger partial charge in [0, 0.05) is 6.04 Å². The van der Waals surface area contributed by atoms with Gasteiger partial charge < -0.3 is 9.84 Å². The van der Waals surface area contributed by atoms with Crippen LogP contribution < -0.4 is 0 Å². The van der Waals surface area contributed by atoms with E-state index in [1.165, 1.54) is 4.90 Å². The number of carbonyl (C=O) groups is 2. The van der Waals surface area contributed by atoms with Crippen LogP contribution >= 0.6 is 0 Å². The first-order valence-electron chi connectivity index (χ1n) is 8.11. The lowest BCUT2D eigenvalue weighted by atomic mass is 9.62. The molecule has 1 atom stereocenters. The summed E-state index contributed by atoms with van der Waals surface area (Å²) in [6.07, 6.45) is 2.50. The van der Waals surface area contributed by atoms with Crippen molar-refractivity contribution in [1.29, 1.82) is 0 Å². The zero-order chi connectivity index (χ0) is 17.3. The topological polar surface area (TPSA) is 66.8 Å². The van der Waals surface area contributed by atoms with Crippen LogP contribution in [-0.2, 0) is 9.53 Å². The van der Waals surface area contributed by atoms with E-state index in [0.717, 1.165) is 19.3 Å². The molecule has 0 aromatic rings. The molecular weight excluding hydrogens is 282 g/mol. The van der Waals surface area contributed by atoms with E-state index in [1.54, 1.807) is 20.8 Å². The summed E-state index contributed by atoms with van der Waals surface area (Å²) in [5, 5.41) is 10.0. The Balaban J connectivity index is 3.35. The number of hydrogen-bond donors (Lipinski definition) is 1. The van der Waals surface area contributed by atoms with Gasteiger partial charge >= 0.3 is 12.1 Å². The van der Waals surface area contributed by atoms with Gasteiger partial charge in [0.25, 0.3) is 0 Å². The van der Waals surface area contributed by atoms with Crippen molar-refractivity contribution in [1.82, 2.24) is 4.90 Å². The highest BCUT2D eigenvalue weighted by molar-refractivity contribution is 5.86. The van der Waals surface area contributed by atoms with E-state index in [1.807, 2.05) is 27.7 Å². The van der Waals surface area contributed by atoms with Crippen molar-refractivity contribution >= 4 is 12.1 Å². The number of nitrogens with zero attached hydrogens (tertiary/aromatic N) is 1. The second-order valence-corrected chi connectivity index (χ2v) is 8.20. The predicted molar refractivity (Wildman–Crippen MR) is 85.8 cm³/mol. The number of amides is 1. The summed E-state index contributed by atoms with van der Waals surface area (Å²) in [4.78, 5) is 26.5. The Bertz CT molecular complexity index is 436. The summed E-state index contributed by atoms with van der Waals surface area (Å²) < 4.78 is 5.51. The molecule has 0 radical (unpaired) electrons.